The maximum atomic E-state index is 14.8. The summed E-state index contributed by atoms with van der Waals surface area (Å²) in [5.74, 6) is -0.867. The van der Waals surface area contributed by atoms with Crippen molar-refractivity contribution in [3.63, 3.8) is 0 Å². The highest BCUT2D eigenvalue weighted by Gasteiger charge is 2.45. The summed E-state index contributed by atoms with van der Waals surface area (Å²) in [6.07, 6.45) is 3.79. The SMILES string of the molecule is C=CC[C@@]1(c2cccc(F)c2F)CCCCN(Cc2ccc(OC)cc2OC)C1=O. The predicted octanol–water partition coefficient (Wildman–Crippen LogP) is 5.01. The summed E-state index contributed by atoms with van der Waals surface area (Å²) in [5.41, 5.74) is -0.258. The van der Waals surface area contributed by atoms with E-state index in [-0.39, 0.29) is 17.9 Å². The summed E-state index contributed by atoms with van der Waals surface area (Å²) in [5, 5.41) is 0. The third kappa shape index (κ3) is 4.04. The molecule has 1 atom stereocenters. The number of carbonyl (C=O) groups excluding carboxylic acids is 1. The lowest BCUT2D eigenvalue weighted by atomic mass is 9.73. The molecule has 30 heavy (non-hydrogen) atoms. The van der Waals surface area contributed by atoms with Crippen molar-refractivity contribution in [1.29, 1.82) is 0 Å². The molecule has 160 valence electrons. The van der Waals surface area contributed by atoms with Gasteiger partial charge in [0.2, 0.25) is 5.91 Å². The van der Waals surface area contributed by atoms with Crippen molar-refractivity contribution >= 4 is 5.91 Å². The molecule has 0 aliphatic carbocycles. The second-order valence-corrected chi connectivity index (χ2v) is 7.54. The zero-order chi connectivity index (χ0) is 21.7. The Bertz CT molecular complexity index is 931. The first-order valence-corrected chi connectivity index (χ1v) is 10.0. The Morgan fingerprint density at radius 1 is 1.17 bits per heavy atom. The molecule has 1 amide bonds. The van der Waals surface area contributed by atoms with E-state index in [0.717, 1.165) is 24.5 Å². The van der Waals surface area contributed by atoms with Gasteiger partial charge in [-0.3, -0.25) is 4.79 Å². The highest BCUT2D eigenvalue weighted by atomic mass is 19.2. The first-order valence-electron chi connectivity index (χ1n) is 10.0. The van der Waals surface area contributed by atoms with Gasteiger partial charge in [0.1, 0.15) is 11.5 Å². The molecule has 6 heteroatoms. The number of methoxy groups -OCH3 is 2. The number of likely N-dealkylation sites (tertiary alicyclic amines) is 1. The summed E-state index contributed by atoms with van der Waals surface area (Å²) in [4.78, 5) is 15.5. The quantitative estimate of drug-likeness (QED) is 0.597. The van der Waals surface area contributed by atoms with Gasteiger partial charge in [0.05, 0.1) is 19.6 Å². The molecule has 0 unspecified atom stereocenters. The van der Waals surface area contributed by atoms with Gasteiger partial charge in [-0.05, 0) is 37.5 Å². The molecule has 1 heterocycles. The minimum absolute atomic E-state index is 0.0981. The number of carbonyl (C=O) groups is 1. The third-order valence-electron chi connectivity index (χ3n) is 5.79. The molecule has 2 aromatic carbocycles. The number of allylic oxidation sites excluding steroid dienone is 1. The second kappa shape index (κ2) is 9.28. The first kappa shape index (κ1) is 21.8. The molecular formula is C24H27F2NO3. The number of nitrogens with zero attached hydrogens (tertiary/aromatic N) is 1. The van der Waals surface area contributed by atoms with Crippen molar-refractivity contribution in [2.45, 2.75) is 37.6 Å². The summed E-state index contributed by atoms with van der Waals surface area (Å²) in [6, 6.07) is 9.46. The van der Waals surface area contributed by atoms with E-state index in [1.54, 1.807) is 31.3 Å². The average Bonchev–Trinajstić information content (AvgIpc) is 2.90. The lowest BCUT2D eigenvalue weighted by molar-refractivity contribution is -0.137. The van der Waals surface area contributed by atoms with Crippen LogP contribution in [-0.4, -0.2) is 31.6 Å². The number of benzene rings is 2. The molecule has 1 fully saturated rings. The molecule has 1 aliphatic rings. The normalized spacial score (nSPS) is 19.3. The van der Waals surface area contributed by atoms with E-state index in [2.05, 4.69) is 6.58 Å². The summed E-state index contributed by atoms with van der Waals surface area (Å²) in [7, 11) is 3.14. The topological polar surface area (TPSA) is 38.8 Å². The molecule has 0 radical (unpaired) electrons. The van der Waals surface area contributed by atoms with Crippen LogP contribution >= 0.6 is 0 Å². The first-order chi connectivity index (χ1) is 14.5. The molecule has 3 rings (SSSR count). The van der Waals surface area contributed by atoms with Gasteiger partial charge in [-0.2, -0.15) is 0 Å². The van der Waals surface area contributed by atoms with Crippen molar-refractivity contribution in [1.82, 2.24) is 4.90 Å². The molecule has 1 saturated heterocycles. The molecular weight excluding hydrogens is 388 g/mol. The number of amides is 1. The summed E-state index contributed by atoms with van der Waals surface area (Å²) in [6.45, 7) is 4.62. The van der Waals surface area contributed by atoms with Gasteiger partial charge in [0.25, 0.3) is 0 Å². The van der Waals surface area contributed by atoms with Crippen LogP contribution in [0.5, 0.6) is 11.5 Å². The Hall–Kier alpha value is -2.89. The van der Waals surface area contributed by atoms with E-state index in [1.807, 2.05) is 12.1 Å². The monoisotopic (exact) mass is 415 g/mol. The van der Waals surface area contributed by atoms with Gasteiger partial charge in [-0.15, -0.1) is 6.58 Å². The fraction of sp³-hybridized carbons (Fsp3) is 0.375. The molecule has 0 aromatic heterocycles. The number of hydrogen-bond acceptors (Lipinski definition) is 3. The number of halogens is 2. The van der Waals surface area contributed by atoms with Crippen molar-refractivity contribution in [2.75, 3.05) is 20.8 Å². The average molecular weight is 415 g/mol. The highest BCUT2D eigenvalue weighted by molar-refractivity contribution is 5.89. The Kier molecular flexibility index (Phi) is 6.75. The molecule has 4 nitrogen and oxygen atoms in total. The Labute approximate surface area is 176 Å². The summed E-state index contributed by atoms with van der Waals surface area (Å²) >= 11 is 0. The highest BCUT2D eigenvalue weighted by Crippen LogP contribution is 2.40. The van der Waals surface area contributed by atoms with E-state index < -0.39 is 17.0 Å². The number of rotatable bonds is 7. The van der Waals surface area contributed by atoms with Crippen LogP contribution in [0.15, 0.2) is 49.1 Å². The molecule has 1 aliphatic heterocycles. The Morgan fingerprint density at radius 2 is 1.97 bits per heavy atom. The smallest absolute Gasteiger partial charge is 0.233 e. The van der Waals surface area contributed by atoms with Crippen LogP contribution in [0.3, 0.4) is 0 Å². The number of ether oxygens (including phenoxy) is 2. The fourth-order valence-corrected chi connectivity index (χ4v) is 4.25. The van der Waals surface area contributed by atoms with Crippen LogP contribution in [0.25, 0.3) is 0 Å². The van der Waals surface area contributed by atoms with Gasteiger partial charge >= 0.3 is 0 Å². The molecule has 2 aromatic rings. The molecule has 0 saturated carbocycles. The van der Waals surface area contributed by atoms with E-state index in [4.69, 9.17) is 9.47 Å². The van der Waals surface area contributed by atoms with Crippen molar-refractivity contribution in [3.05, 3.63) is 71.8 Å². The van der Waals surface area contributed by atoms with Gasteiger partial charge in [-0.25, -0.2) is 8.78 Å². The van der Waals surface area contributed by atoms with Crippen LogP contribution in [0, 0.1) is 11.6 Å². The van der Waals surface area contributed by atoms with Gasteiger partial charge in [-0.1, -0.05) is 24.6 Å². The minimum atomic E-state index is -1.18. The van der Waals surface area contributed by atoms with Gasteiger partial charge < -0.3 is 14.4 Å². The zero-order valence-electron chi connectivity index (χ0n) is 17.4. The van der Waals surface area contributed by atoms with Gasteiger partial charge in [0.15, 0.2) is 11.6 Å². The molecule has 0 N–H and O–H groups in total. The minimum Gasteiger partial charge on any atom is -0.497 e. The lowest BCUT2D eigenvalue weighted by Gasteiger charge is -2.35. The van der Waals surface area contributed by atoms with E-state index in [9.17, 15) is 13.6 Å². The van der Waals surface area contributed by atoms with E-state index >= 15 is 0 Å². The van der Waals surface area contributed by atoms with E-state index in [1.165, 1.54) is 12.1 Å². The van der Waals surface area contributed by atoms with Crippen LogP contribution in [0.4, 0.5) is 8.78 Å². The summed E-state index contributed by atoms with van der Waals surface area (Å²) < 4.78 is 39.5. The molecule has 0 bridgehead atoms. The van der Waals surface area contributed by atoms with Crippen LogP contribution < -0.4 is 9.47 Å². The Balaban J connectivity index is 2.02. The maximum absolute atomic E-state index is 14.8. The van der Waals surface area contributed by atoms with Crippen LogP contribution in [0.1, 0.15) is 36.8 Å². The number of hydrogen-bond donors (Lipinski definition) is 0. The van der Waals surface area contributed by atoms with Crippen LogP contribution in [0.2, 0.25) is 0 Å². The van der Waals surface area contributed by atoms with Crippen LogP contribution in [-0.2, 0) is 16.8 Å². The van der Waals surface area contributed by atoms with Crippen molar-refractivity contribution in [2.24, 2.45) is 0 Å². The fourth-order valence-electron chi connectivity index (χ4n) is 4.25. The van der Waals surface area contributed by atoms with Crippen molar-refractivity contribution < 1.29 is 23.0 Å². The predicted molar refractivity (Wildman–Crippen MR) is 112 cm³/mol. The standard InChI is InChI=1S/C24H27F2NO3/c1-4-12-24(19-8-7-9-20(25)22(19)26)13-5-6-14-27(23(24)28)16-17-10-11-18(29-2)15-21(17)30-3/h4,7-11,15H,1,5-6,12-14,16H2,2-3H3/t24-/m0/s1. The second-order valence-electron chi connectivity index (χ2n) is 7.54. The third-order valence-corrected chi connectivity index (χ3v) is 5.79. The maximum Gasteiger partial charge on any atom is 0.233 e. The Morgan fingerprint density at radius 3 is 2.67 bits per heavy atom. The van der Waals surface area contributed by atoms with Crippen molar-refractivity contribution in [3.8, 4) is 11.5 Å². The zero-order valence-corrected chi connectivity index (χ0v) is 17.4. The molecule has 0 spiro atoms. The van der Waals surface area contributed by atoms with Gasteiger partial charge in [0, 0.05) is 30.3 Å². The lowest BCUT2D eigenvalue weighted by Crippen LogP contribution is -2.45. The largest absolute Gasteiger partial charge is 0.497 e. The van der Waals surface area contributed by atoms with E-state index in [0.29, 0.717) is 31.0 Å².